The maximum absolute atomic E-state index is 6.17. The second-order valence-corrected chi connectivity index (χ2v) is 15.3. The molecule has 0 saturated carbocycles. The van der Waals surface area contributed by atoms with Crippen molar-refractivity contribution < 1.29 is 8.83 Å². The summed E-state index contributed by atoms with van der Waals surface area (Å²) in [4.78, 5) is 9.75. The SMILES string of the molecule is c1ccc([Si](c2ccccc2)(c2ccc3nc4oc5ccccc5n4c3c2)c2ccc3nc4oc5ccccc5n4c3c2)cc1. The van der Waals surface area contributed by atoms with Crippen LogP contribution in [-0.2, 0) is 0 Å². The van der Waals surface area contributed by atoms with Gasteiger partial charge in [-0.3, -0.25) is 8.80 Å². The minimum atomic E-state index is -2.89. The number of para-hydroxylation sites is 4. The molecule has 0 bridgehead atoms. The molecule has 6 nitrogen and oxygen atoms in total. The lowest BCUT2D eigenvalue weighted by Crippen LogP contribution is -2.74. The first-order valence-corrected chi connectivity index (χ1v) is 17.0. The summed E-state index contributed by atoms with van der Waals surface area (Å²) in [5.41, 5.74) is 7.54. The molecule has 0 fully saturated rings. The van der Waals surface area contributed by atoms with E-state index in [1.807, 2.05) is 36.4 Å². The lowest BCUT2D eigenvalue weighted by Gasteiger charge is -2.34. The third-order valence-electron chi connectivity index (χ3n) is 9.14. The van der Waals surface area contributed by atoms with Gasteiger partial charge in [0, 0.05) is 0 Å². The van der Waals surface area contributed by atoms with Gasteiger partial charge in [0.2, 0.25) is 0 Å². The van der Waals surface area contributed by atoms with E-state index in [1.165, 1.54) is 20.7 Å². The average molecular weight is 597 g/mol. The second-order valence-electron chi connectivity index (χ2n) is 11.5. The van der Waals surface area contributed by atoms with Crippen molar-refractivity contribution in [2.75, 3.05) is 0 Å². The Labute approximate surface area is 257 Å². The molecule has 0 spiro atoms. The maximum Gasteiger partial charge on any atom is 0.307 e. The normalized spacial score (nSPS) is 12.4. The van der Waals surface area contributed by atoms with Gasteiger partial charge in [0.05, 0.1) is 33.1 Å². The maximum atomic E-state index is 6.17. The highest BCUT2D eigenvalue weighted by Gasteiger charge is 2.42. The van der Waals surface area contributed by atoms with Crippen LogP contribution in [0.2, 0.25) is 0 Å². The van der Waals surface area contributed by atoms with Crippen LogP contribution in [0, 0.1) is 0 Å². The summed E-state index contributed by atoms with van der Waals surface area (Å²) in [5.74, 6) is 1.20. The molecule has 0 saturated heterocycles. The zero-order valence-corrected chi connectivity index (χ0v) is 25.0. The van der Waals surface area contributed by atoms with Crippen LogP contribution in [0.3, 0.4) is 0 Å². The highest BCUT2D eigenvalue weighted by atomic mass is 28.3. The van der Waals surface area contributed by atoms with Crippen LogP contribution in [0.15, 0.2) is 154 Å². The van der Waals surface area contributed by atoms with Crippen molar-refractivity contribution in [2.45, 2.75) is 0 Å². The van der Waals surface area contributed by atoms with Gasteiger partial charge in [-0.15, -0.1) is 0 Å². The number of aromatic nitrogens is 4. The first kappa shape index (κ1) is 24.5. The lowest BCUT2D eigenvalue weighted by atomic mass is 10.3. The predicted octanol–water partition coefficient (Wildman–Crippen LogP) is 6.16. The molecule has 10 aromatic rings. The van der Waals surface area contributed by atoms with Crippen LogP contribution in [0.4, 0.5) is 0 Å². The number of imidazole rings is 2. The molecule has 4 aromatic heterocycles. The number of benzene rings is 6. The van der Waals surface area contributed by atoms with Gasteiger partial charge < -0.3 is 8.83 Å². The predicted molar refractivity (Wildman–Crippen MR) is 182 cm³/mol. The van der Waals surface area contributed by atoms with E-state index in [-0.39, 0.29) is 0 Å². The number of oxazole rings is 2. The van der Waals surface area contributed by atoms with Crippen molar-refractivity contribution in [3.8, 4) is 0 Å². The zero-order valence-electron chi connectivity index (χ0n) is 24.0. The van der Waals surface area contributed by atoms with Crippen LogP contribution in [-0.4, -0.2) is 26.8 Å². The summed E-state index contributed by atoms with van der Waals surface area (Å²) < 4.78 is 16.6. The number of hydrogen-bond donors (Lipinski definition) is 0. The van der Waals surface area contributed by atoms with Gasteiger partial charge in [-0.1, -0.05) is 97.1 Å². The van der Waals surface area contributed by atoms with E-state index in [4.69, 9.17) is 18.8 Å². The Morgan fingerprint density at radius 2 is 0.822 bits per heavy atom. The number of fused-ring (bicyclic) bond motifs is 10. The molecular weight excluding hydrogens is 573 g/mol. The van der Waals surface area contributed by atoms with Crippen molar-refractivity contribution >= 4 is 84.8 Å². The van der Waals surface area contributed by atoms with Crippen LogP contribution in [0.25, 0.3) is 56.0 Å². The second kappa shape index (κ2) is 9.04. The van der Waals surface area contributed by atoms with Gasteiger partial charge in [0.25, 0.3) is 0 Å². The summed E-state index contributed by atoms with van der Waals surface area (Å²) in [6, 6.07) is 51.7. The van der Waals surface area contributed by atoms with E-state index in [0.29, 0.717) is 11.7 Å². The molecule has 10 rings (SSSR count). The average Bonchev–Trinajstić information content (AvgIpc) is 3.83. The monoisotopic (exact) mass is 596 g/mol. The molecular formula is C38H24N4O2Si. The molecule has 0 atom stereocenters. The smallest absolute Gasteiger partial charge is 0.307 e. The van der Waals surface area contributed by atoms with E-state index < -0.39 is 8.07 Å². The van der Waals surface area contributed by atoms with Gasteiger partial charge in [0.15, 0.2) is 19.2 Å². The van der Waals surface area contributed by atoms with Crippen molar-refractivity contribution in [2.24, 2.45) is 0 Å². The topological polar surface area (TPSA) is 60.9 Å². The van der Waals surface area contributed by atoms with Gasteiger partial charge in [0.1, 0.15) is 0 Å². The summed E-state index contributed by atoms with van der Waals surface area (Å²) in [6.45, 7) is 0. The molecule has 0 unspecified atom stereocenters. The Bertz CT molecular complexity index is 2530. The fourth-order valence-electron chi connectivity index (χ4n) is 7.20. The molecule has 6 aromatic carbocycles. The first-order chi connectivity index (χ1) is 22.3. The molecule has 0 amide bonds. The molecule has 45 heavy (non-hydrogen) atoms. The number of hydrogen-bond acceptors (Lipinski definition) is 4. The summed E-state index contributed by atoms with van der Waals surface area (Å²) in [6.07, 6.45) is 0. The van der Waals surface area contributed by atoms with Crippen LogP contribution in [0.5, 0.6) is 0 Å². The van der Waals surface area contributed by atoms with Gasteiger partial charge in [-0.25, -0.2) is 0 Å². The molecule has 0 N–H and O–H groups in total. The van der Waals surface area contributed by atoms with E-state index in [9.17, 15) is 0 Å². The molecule has 212 valence electrons. The Hall–Kier alpha value is -5.92. The quantitative estimate of drug-likeness (QED) is 0.180. The molecule has 0 aliphatic carbocycles. The molecule has 0 aliphatic rings. The zero-order chi connectivity index (χ0) is 29.5. The Kier molecular flexibility index (Phi) is 4.93. The third-order valence-corrected chi connectivity index (χ3v) is 13.9. The Morgan fingerprint density at radius 3 is 1.29 bits per heavy atom. The van der Waals surface area contributed by atoms with E-state index in [2.05, 4.69) is 118 Å². The van der Waals surface area contributed by atoms with Gasteiger partial charge >= 0.3 is 11.7 Å². The standard InChI is InChI=1S/C38H24N4O2Si/c1-3-11-25(12-4-1)45(26-13-5-2-6-14-26,27-19-21-29-33(23-27)41-31-15-7-9-17-35(31)43-37(41)39-29)28-20-22-30-34(24-28)42-32-16-8-10-18-36(32)44-38(42)40-30/h1-24H. The van der Waals surface area contributed by atoms with Crippen molar-refractivity contribution in [3.63, 3.8) is 0 Å². The Balaban J connectivity index is 1.35. The fourth-order valence-corrected chi connectivity index (χ4v) is 12.0. The van der Waals surface area contributed by atoms with E-state index >= 15 is 0 Å². The summed E-state index contributed by atoms with van der Waals surface area (Å²) in [7, 11) is -2.89. The highest BCUT2D eigenvalue weighted by molar-refractivity contribution is 7.20. The molecule has 0 aliphatic heterocycles. The number of nitrogens with zero attached hydrogens (tertiary/aromatic N) is 4. The minimum Gasteiger partial charge on any atom is -0.423 e. The largest absolute Gasteiger partial charge is 0.423 e. The summed E-state index contributed by atoms with van der Waals surface area (Å²) in [5, 5.41) is 5.12. The molecule has 0 radical (unpaired) electrons. The third kappa shape index (κ3) is 3.33. The first-order valence-electron chi connectivity index (χ1n) is 15.0. The summed E-state index contributed by atoms with van der Waals surface area (Å²) >= 11 is 0. The van der Waals surface area contributed by atoms with Gasteiger partial charge in [-0.2, -0.15) is 9.97 Å². The number of rotatable bonds is 4. The highest BCUT2D eigenvalue weighted by Crippen LogP contribution is 2.28. The van der Waals surface area contributed by atoms with Crippen LogP contribution < -0.4 is 20.7 Å². The van der Waals surface area contributed by atoms with Crippen molar-refractivity contribution in [3.05, 3.63) is 146 Å². The van der Waals surface area contributed by atoms with Crippen LogP contribution in [0.1, 0.15) is 0 Å². The fraction of sp³-hybridized carbons (Fsp3) is 0. The van der Waals surface area contributed by atoms with E-state index in [1.54, 1.807) is 0 Å². The van der Waals surface area contributed by atoms with Crippen molar-refractivity contribution in [1.29, 1.82) is 0 Å². The van der Waals surface area contributed by atoms with Gasteiger partial charge in [-0.05, 0) is 69.3 Å². The van der Waals surface area contributed by atoms with Crippen molar-refractivity contribution in [1.82, 2.24) is 18.8 Å². The minimum absolute atomic E-state index is 0.602. The lowest BCUT2D eigenvalue weighted by molar-refractivity contribution is 0.642. The van der Waals surface area contributed by atoms with E-state index in [0.717, 1.165) is 44.3 Å². The Morgan fingerprint density at radius 1 is 0.400 bits per heavy atom. The van der Waals surface area contributed by atoms with Crippen LogP contribution >= 0.6 is 0 Å². The molecule has 4 heterocycles. The molecule has 7 heteroatoms.